The summed E-state index contributed by atoms with van der Waals surface area (Å²) in [4.78, 5) is 40.5. The Bertz CT molecular complexity index is 848. The quantitative estimate of drug-likeness (QED) is 0.370. The zero-order chi connectivity index (χ0) is 23.3. The third-order valence-electron chi connectivity index (χ3n) is 4.76. The van der Waals surface area contributed by atoms with E-state index in [9.17, 15) is 14.4 Å². The van der Waals surface area contributed by atoms with Gasteiger partial charge in [0.1, 0.15) is 18.8 Å². The van der Waals surface area contributed by atoms with Gasteiger partial charge in [-0.15, -0.1) is 0 Å². The van der Waals surface area contributed by atoms with Crippen molar-refractivity contribution in [3.8, 4) is 0 Å². The second-order valence-corrected chi connectivity index (χ2v) is 7.17. The van der Waals surface area contributed by atoms with Crippen molar-refractivity contribution < 1.29 is 28.3 Å². The summed E-state index contributed by atoms with van der Waals surface area (Å²) in [6.45, 7) is 2.88. The van der Waals surface area contributed by atoms with Gasteiger partial charge in [-0.05, 0) is 37.6 Å². The lowest BCUT2D eigenvalue weighted by Gasteiger charge is -2.27. The van der Waals surface area contributed by atoms with Gasteiger partial charge in [-0.25, -0.2) is 4.79 Å². The normalized spacial score (nSPS) is 10.6. The molecule has 0 spiro atoms. The van der Waals surface area contributed by atoms with Gasteiger partial charge in [-0.1, -0.05) is 0 Å². The number of methoxy groups -OCH3 is 1. The smallest absolute Gasteiger partial charge is 0.325 e. The van der Waals surface area contributed by atoms with Gasteiger partial charge in [0, 0.05) is 39.2 Å². The van der Waals surface area contributed by atoms with Gasteiger partial charge in [-0.2, -0.15) is 0 Å². The van der Waals surface area contributed by atoms with Crippen LogP contribution in [0.4, 0.5) is 4.79 Å². The highest BCUT2D eigenvalue weighted by atomic mass is 16.5. The molecule has 10 nitrogen and oxygen atoms in total. The highest BCUT2D eigenvalue weighted by Crippen LogP contribution is 2.12. The molecule has 0 radical (unpaired) electrons. The first-order valence-electron chi connectivity index (χ1n) is 10.5. The van der Waals surface area contributed by atoms with Gasteiger partial charge in [0.25, 0.3) is 0 Å². The van der Waals surface area contributed by atoms with Crippen molar-refractivity contribution in [1.82, 2.24) is 19.7 Å². The van der Waals surface area contributed by atoms with Crippen molar-refractivity contribution in [2.75, 3.05) is 40.0 Å². The van der Waals surface area contributed by atoms with Crippen molar-refractivity contribution in [2.24, 2.45) is 7.05 Å². The maximum atomic E-state index is 13.2. The molecule has 2 aromatic heterocycles. The Labute approximate surface area is 188 Å². The average molecular weight is 449 g/mol. The lowest BCUT2D eigenvalue weighted by atomic mass is 10.3. The molecule has 32 heavy (non-hydrogen) atoms. The first kappa shape index (κ1) is 25.0. The van der Waals surface area contributed by atoms with Crippen LogP contribution in [0, 0.1) is 0 Å². The molecule has 0 atom stereocenters. The molecule has 2 heterocycles. The van der Waals surface area contributed by atoms with Crippen LogP contribution in [0.25, 0.3) is 0 Å². The number of nitrogens with zero attached hydrogens (tertiary/aromatic N) is 3. The summed E-state index contributed by atoms with van der Waals surface area (Å²) in [5, 5.41) is 2.52. The Morgan fingerprint density at radius 2 is 1.97 bits per heavy atom. The van der Waals surface area contributed by atoms with Gasteiger partial charge in [-0.3, -0.25) is 9.59 Å². The number of hydrogen-bond acceptors (Lipinski definition) is 6. The number of carbonyl (C=O) groups is 3. The summed E-state index contributed by atoms with van der Waals surface area (Å²) < 4.78 is 17.3. The maximum Gasteiger partial charge on any atom is 0.325 e. The molecule has 0 bridgehead atoms. The molecule has 3 amide bonds. The van der Waals surface area contributed by atoms with E-state index in [1.54, 1.807) is 37.3 Å². The van der Waals surface area contributed by atoms with Crippen LogP contribution in [0.5, 0.6) is 0 Å². The molecular formula is C22H32N4O6. The highest BCUT2D eigenvalue weighted by molar-refractivity contribution is 5.86. The second kappa shape index (κ2) is 13.2. The minimum absolute atomic E-state index is 0.149. The molecule has 0 aliphatic carbocycles. The zero-order valence-electron chi connectivity index (χ0n) is 18.9. The van der Waals surface area contributed by atoms with Crippen molar-refractivity contribution >= 4 is 17.9 Å². The first-order valence-corrected chi connectivity index (χ1v) is 10.5. The molecule has 0 saturated carbocycles. The second-order valence-electron chi connectivity index (χ2n) is 7.17. The van der Waals surface area contributed by atoms with Crippen LogP contribution in [-0.2, 0) is 39.2 Å². The lowest BCUT2D eigenvalue weighted by molar-refractivity contribution is -0.141. The summed E-state index contributed by atoms with van der Waals surface area (Å²) in [6, 6.07) is 6.89. The summed E-state index contributed by atoms with van der Waals surface area (Å²) in [5.41, 5.74) is 0.947. The number of rotatable bonds is 13. The number of urea groups is 1. The molecule has 2 rings (SSSR count). The van der Waals surface area contributed by atoms with Gasteiger partial charge < -0.3 is 33.6 Å². The number of hydrogen-bond donors (Lipinski definition) is 1. The number of furan rings is 1. The zero-order valence-corrected chi connectivity index (χ0v) is 18.9. The summed E-state index contributed by atoms with van der Waals surface area (Å²) in [5.74, 6) is -0.135. The molecule has 0 unspecified atom stereocenters. The SMILES string of the molecule is CCOC(=O)CNC(=O)N(CCCOC)CC(=O)N(Cc1ccco1)Cc1cccn1C. The molecule has 1 N–H and O–H groups in total. The number of nitrogens with one attached hydrogen (secondary N) is 1. The molecular weight excluding hydrogens is 416 g/mol. The minimum Gasteiger partial charge on any atom is -0.467 e. The van der Waals surface area contributed by atoms with Crippen LogP contribution in [0.3, 0.4) is 0 Å². The Balaban J connectivity index is 2.09. The fourth-order valence-electron chi connectivity index (χ4n) is 3.07. The Kier molecular flexibility index (Phi) is 10.3. The van der Waals surface area contributed by atoms with E-state index < -0.39 is 12.0 Å². The third-order valence-corrected chi connectivity index (χ3v) is 4.76. The number of ether oxygens (including phenoxy) is 2. The van der Waals surface area contributed by atoms with Gasteiger partial charge in [0.05, 0.1) is 26.0 Å². The molecule has 10 heteroatoms. The Hall–Kier alpha value is -3.27. The van der Waals surface area contributed by atoms with E-state index in [-0.39, 0.29) is 32.1 Å². The van der Waals surface area contributed by atoms with E-state index in [1.165, 1.54) is 4.90 Å². The number of carbonyl (C=O) groups excluding carboxylic acids is 3. The molecule has 0 aliphatic heterocycles. The largest absolute Gasteiger partial charge is 0.467 e. The summed E-state index contributed by atoms with van der Waals surface area (Å²) in [7, 11) is 3.48. The molecule has 0 aliphatic rings. The molecule has 0 fully saturated rings. The van der Waals surface area contributed by atoms with Gasteiger partial charge >= 0.3 is 12.0 Å². The fraction of sp³-hybridized carbons (Fsp3) is 0.500. The fourth-order valence-corrected chi connectivity index (χ4v) is 3.07. The number of esters is 1. The monoisotopic (exact) mass is 448 g/mol. The van der Waals surface area contributed by atoms with E-state index >= 15 is 0 Å². The van der Waals surface area contributed by atoms with Crippen molar-refractivity contribution in [3.63, 3.8) is 0 Å². The number of aryl methyl sites for hydroxylation is 1. The molecule has 0 aromatic carbocycles. The van der Waals surface area contributed by atoms with Crippen LogP contribution < -0.4 is 5.32 Å². The van der Waals surface area contributed by atoms with Crippen molar-refractivity contribution in [1.29, 1.82) is 0 Å². The topological polar surface area (TPSA) is 106 Å². The van der Waals surface area contributed by atoms with Gasteiger partial charge in [0.2, 0.25) is 5.91 Å². The van der Waals surface area contributed by atoms with E-state index in [0.717, 1.165) is 5.69 Å². The molecule has 176 valence electrons. The van der Waals surface area contributed by atoms with E-state index in [1.807, 2.05) is 29.9 Å². The van der Waals surface area contributed by atoms with E-state index in [4.69, 9.17) is 13.9 Å². The summed E-state index contributed by atoms with van der Waals surface area (Å²) in [6.07, 6.45) is 4.01. The van der Waals surface area contributed by atoms with Crippen molar-refractivity contribution in [3.05, 3.63) is 48.2 Å². The predicted octanol–water partition coefficient (Wildman–Crippen LogP) is 1.76. The first-order chi connectivity index (χ1) is 15.4. The molecule has 0 saturated heterocycles. The van der Waals surface area contributed by atoms with Gasteiger partial charge in [0.15, 0.2) is 0 Å². The van der Waals surface area contributed by atoms with Crippen molar-refractivity contribution in [2.45, 2.75) is 26.4 Å². The third kappa shape index (κ3) is 8.10. The Morgan fingerprint density at radius 1 is 1.16 bits per heavy atom. The standard InChI is InChI=1S/C22H32N4O6/c1-4-31-21(28)14-23-22(29)25(11-7-12-30-3)17-20(27)26(16-19-9-6-13-32-19)15-18-8-5-10-24(18)2/h5-6,8-10,13H,4,7,11-12,14-17H2,1-3H3,(H,23,29). The predicted molar refractivity (Wildman–Crippen MR) is 116 cm³/mol. The average Bonchev–Trinajstić information content (AvgIpc) is 3.43. The van der Waals surface area contributed by atoms with Crippen LogP contribution in [0.15, 0.2) is 41.1 Å². The highest BCUT2D eigenvalue weighted by Gasteiger charge is 2.23. The van der Waals surface area contributed by atoms with Crippen LogP contribution in [0.1, 0.15) is 24.8 Å². The lowest BCUT2D eigenvalue weighted by Crippen LogP contribution is -2.48. The van der Waals surface area contributed by atoms with E-state index in [0.29, 0.717) is 31.9 Å². The number of amides is 3. The van der Waals surface area contributed by atoms with E-state index in [2.05, 4.69) is 5.32 Å². The minimum atomic E-state index is -0.535. The molecule has 2 aromatic rings. The Morgan fingerprint density at radius 3 is 2.59 bits per heavy atom. The number of aromatic nitrogens is 1. The maximum absolute atomic E-state index is 13.2. The summed E-state index contributed by atoms with van der Waals surface area (Å²) >= 11 is 0. The van der Waals surface area contributed by atoms with Crippen LogP contribution in [0.2, 0.25) is 0 Å². The van der Waals surface area contributed by atoms with Crippen LogP contribution in [-0.4, -0.2) is 72.2 Å². The van der Waals surface area contributed by atoms with Crippen LogP contribution >= 0.6 is 0 Å².